The summed E-state index contributed by atoms with van der Waals surface area (Å²) in [5.74, 6) is -0.128. The Hall–Kier alpha value is -1.35. The molecule has 3 rings (SSSR count). The van der Waals surface area contributed by atoms with Crippen LogP contribution in [0.3, 0.4) is 0 Å². The third kappa shape index (κ3) is 1.65. The fourth-order valence-corrected chi connectivity index (χ4v) is 3.04. The van der Waals surface area contributed by atoms with Gasteiger partial charge in [-0.2, -0.15) is 5.10 Å². The number of hydrogen-bond acceptors (Lipinski definition) is 1. The topological polar surface area (TPSA) is 28.7 Å². The molecule has 0 spiro atoms. The van der Waals surface area contributed by atoms with Crippen LogP contribution < -0.4 is 0 Å². The monoisotopic (exact) mass is 264 g/mol. The van der Waals surface area contributed by atoms with Crippen molar-refractivity contribution in [2.75, 3.05) is 0 Å². The van der Waals surface area contributed by atoms with Gasteiger partial charge in [-0.25, -0.2) is 4.39 Å². The normalized spacial score (nSPS) is 21.0. The number of H-pyrrole nitrogens is 1. The molecule has 0 bridgehead atoms. The van der Waals surface area contributed by atoms with Gasteiger partial charge in [0.25, 0.3) is 0 Å². The first-order valence-electron chi connectivity index (χ1n) is 5.98. The van der Waals surface area contributed by atoms with Gasteiger partial charge >= 0.3 is 0 Å². The average Bonchev–Trinajstić information content (AvgIpc) is 2.86. The standard InChI is InChI=1S/C14H14ClFN2/c1-14(2)6-9(10-7-17-18-13(10)14)8-3-4-12(16)11(15)5-8/h3-5,7,9H,6H2,1-2H3,(H,17,18). The van der Waals surface area contributed by atoms with Crippen molar-refractivity contribution in [1.82, 2.24) is 10.2 Å². The van der Waals surface area contributed by atoms with Gasteiger partial charge in [-0.15, -0.1) is 0 Å². The highest BCUT2D eigenvalue weighted by molar-refractivity contribution is 6.30. The van der Waals surface area contributed by atoms with E-state index in [1.807, 2.05) is 12.3 Å². The van der Waals surface area contributed by atoms with Gasteiger partial charge in [0.2, 0.25) is 0 Å². The molecule has 1 atom stereocenters. The maximum atomic E-state index is 13.2. The molecule has 2 aromatic rings. The van der Waals surface area contributed by atoms with Crippen LogP contribution in [-0.2, 0) is 5.41 Å². The van der Waals surface area contributed by atoms with Gasteiger partial charge < -0.3 is 0 Å². The second kappa shape index (κ2) is 3.82. The highest BCUT2D eigenvalue weighted by Gasteiger charge is 2.39. The molecule has 1 heterocycles. The van der Waals surface area contributed by atoms with Crippen molar-refractivity contribution in [3.63, 3.8) is 0 Å². The summed E-state index contributed by atoms with van der Waals surface area (Å²) in [6.07, 6.45) is 2.85. The van der Waals surface area contributed by atoms with Crippen LogP contribution in [-0.4, -0.2) is 10.2 Å². The van der Waals surface area contributed by atoms with Crippen molar-refractivity contribution < 1.29 is 4.39 Å². The van der Waals surface area contributed by atoms with E-state index in [0.717, 1.165) is 12.0 Å². The van der Waals surface area contributed by atoms with E-state index in [1.165, 1.54) is 17.3 Å². The van der Waals surface area contributed by atoms with Gasteiger partial charge in [-0.3, -0.25) is 5.10 Å². The van der Waals surface area contributed by atoms with E-state index in [2.05, 4.69) is 24.0 Å². The number of rotatable bonds is 1. The van der Waals surface area contributed by atoms with Gasteiger partial charge in [0, 0.05) is 22.6 Å². The van der Waals surface area contributed by atoms with Crippen LogP contribution >= 0.6 is 11.6 Å². The van der Waals surface area contributed by atoms with Crippen molar-refractivity contribution in [1.29, 1.82) is 0 Å². The van der Waals surface area contributed by atoms with E-state index in [0.29, 0.717) is 0 Å². The van der Waals surface area contributed by atoms with Crippen LogP contribution in [0.5, 0.6) is 0 Å². The molecule has 0 fully saturated rings. The summed E-state index contributed by atoms with van der Waals surface area (Å²) >= 11 is 5.87. The Kier molecular flexibility index (Phi) is 2.49. The molecule has 1 unspecified atom stereocenters. The van der Waals surface area contributed by atoms with Crippen LogP contribution in [0.4, 0.5) is 4.39 Å². The smallest absolute Gasteiger partial charge is 0.141 e. The lowest BCUT2D eigenvalue weighted by Crippen LogP contribution is -2.14. The molecule has 1 N–H and O–H groups in total. The molecular weight excluding hydrogens is 251 g/mol. The number of nitrogens with zero attached hydrogens (tertiary/aromatic N) is 1. The zero-order valence-electron chi connectivity index (χ0n) is 10.3. The highest BCUT2D eigenvalue weighted by Crippen LogP contribution is 2.47. The Morgan fingerprint density at radius 1 is 1.44 bits per heavy atom. The quantitative estimate of drug-likeness (QED) is 0.828. The third-order valence-electron chi connectivity index (χ3n) is 3.78. The van der Waals surface area contributed by atoms with E-state index >= 15 is 0 Å². The van der Waals surface area contributed by atoms with Crippen LogP contribution in [0.1, 0.15) is 43.0 Å². The molecule has 18 heavy (non-hydrogen) atoms. The fourth-order valence-electron chi connectivity index (χ4n) is 2.85. The molecule has 0 amide bonds. The minimum atomic E-state index is -0.370. The first-order chi connectivity index (χ1) is 8.49. The molecular formula is C14H14ClFN2. The van der Waals surface area contributed by atoms with Crippen molar-refractivity contribution in [3.8, 4) is 0 Å². The third-order valence-corrected chi connectivity index (χ3v) is 4.07. The van der Waals surface area contributed by atoms with Gasteiger partial charge in [0.15, 0.2) is 0 Å². The Labute approximate surface area is 110 Å². The number of fused-ring (bicyclic) bond motifs is 1. The first-order valence-corrected chi connectivity index (χ1v) is 6.35. The lowest BCUT2D eigenvalue weighted by molar-refractivity contribution is 0.483. The summed E-state index contributed by atoms with van der Waals surface area (Å²) in [5, 5.41) is 7.38. The molecule has 2 nitrogen and oxygen atoms in total. The minimum absolute atomic E-state index is 0.0668. The molecule has 0 saturated heterocycles. The number of benzene rings is 1. The Bertz CT molecular complexity index is 604. The fraction of sp³-hybridized carbons (Fsp3) is 0.357. The summed E-state index contributed by atoms with van der Waals surface area (Å²) < 4.78 is 13.2. The number of aromatic nitrogens is 2. The zero-order valence-corrected chi connectivity index (χ0v) is 11.1. The lowest BCUT2D eigenvalue weighted by atomic mass is 9.86. The molecule has 94 valence electrons. The molecule has 0 saturated carbocycles. The lowest BCUT2D eigenvalue weighted by Gasteiger charge is -2.18. The van der Waals surface area contributed by atoms with Crippen molar-refractivity contribution in [2.45, 2.75) is 31.6 Å². The SMILES string of the molecule is CC1(C)CC(c2ccc(F)c(Cl)c2)c2cn[nH]c21. The van der Waals surface area contributed by atoms with Crippen LogP contribution in [0.15, 0.2) is 24.4 Å². The van der Waals surface area contributed by atoms with Gasteiger partial charge in [-0.05, 0) is 24.1 Å². The number of halogens is 2. The Morgan fingerprint density at radius 2 is 2.22 bits per heavy atom. The van der Waals surface area contributed by atoms with Gasteiger partial charge in [-0.1, -0.05) is 31.5 Å². The van der Waals surface area contributed by atoms with Crippen LogP contribution in [0.25, 0.3) is 0 Å². The largest absolute Gasteiger partial charge is 0.282 e. The number of aromatic amines is 1. The maximum Gasteiger partial charge on any atom is 0.141 e. The summed E-state index contributed by atoms with van der Waals surface area (Å²) in [5.41, 5.74) is 3.49. The van der Waals surface area contributed by atoms with E-state index < -0.39 is 0 Å². The molecule has 1 aromatic carbocycles. The summed E-state index contributed by atoms with van der Waals surface area (Å²) in [7, 11) is 0. The predicted octanol–water partition coefficient (Wildman–Crippen LogP) is 4.02. The van der Waals surface area contributed by atoms with Crippen molar-refractivity contribution in [3.05, 3.63) is 52.1 Å². The van der Waals surface area contributed by atoms with E-state index in [4.69, 9.17) is 11.6 Å². The molecule has 0 aliphatic heterocycles. The Morgan fingerprint density at radius 3 is 2.94 bits per heavy atom. The zero-order chi connectivity index (χ0) is 12.9. The molecule has 4 heteroatoms. The summed E-state index contributed by atoms with van der Waals surface area (Å²) in [4.78, 5) is 0. The van der Waals surface area contributed by atoms with Crippen molar-refractivity contribution >= 4 is 11.6 Å². The summed E-state index contributed by atoms with van der Waals surface area (Å²) in [6, 6.07) is 4.96. The maximum absolute atomic E-state index is 13.2. The van der Waals surface area contributed by atoms with Gasteiger partial charge in [0.1, 0.15) is 5.82 Å². The average molecular weight is 265 g/mol. The molecule has 1 aromatic heterocycles. The second-order valence-corrected chi connectivity index (χ2v) is 5.92. The predicted molar refractivity (Wildman–Crippen MR) is 69.5 cm³/mol. The molecule has 0 radical (unpaired) electrons. The van der Waals surface area contributed by atoms with Crippen LogP contribution in [0, 0.1) is 5.82 Å². The van der Waals surface area contributed by atoms with Gasteiger partial charge in [0.05, 0.1) is 11.2 Å². The van der Waals surface area contributed by atoms with E-state index in [-0.39, 0.29) is 22.2 Å². The van der Waals surface area contributed by atoms with E-state index in [9.17, 15) is 4.39 Å². The highest BCUT2D eigenvalue weighted by atomic mass is 35.5. The van der Waals surface area contributed by atoms with E-state index in [1.54, 1.807) is 6.07 Å². The molecule has 1 aliphatic carbocycles. The van der Waals surface area contributed by atoms with Crippen LogP contribution in [0.2, 0.25) is 5.02 Å². The second-order valence-electron chi connectivity index (χ2n) is 5.51. The summed E-state index contributed by atoms with van der Waals surface area (Å²) in [6.45, 7) is 4.38. The Balaban J connectivity index is 2.07. The van der Waals surface area contributed by atoms with Crippen molar-refractivity contribution in [2.24, 2.45) is 0 Å². The number of nitrogens with one attached hydrogen (secondary N) is 1. The number of hydrogen-bond donors (Lipinski definition) is 1. The molecule has 1 aliphatic rings. The first kappa shape index (κ1) is 11.7. The minimum Gasteiger partial charge on any atom is -0.282 e.